The first kappa shape index (κ1) is 19.0. The van der Waals surface area contributed by atoms with E-state index in [1.54, 1.807) is 6.92 Å². The van der Waals surface area contributed by atoms with Crippen molar-refractivity contribution in [2.24, 2.45) is 5.14 Å². The van der Waals surface area contributed by atoms with Crippen LogP contribution in [0.3, 0.4) is 0 Å². The molecule has 7 nitrogen and oxygen atoms in total. The van der Waals surface area contributed by atoms with Gasteiger partial charge in [-0.05, 0) is 49.4 Å². The van der Waals surface area contributed by atoms with Gasteiger partial charge in [-0.1, -0.05) is 0 Å². The Balaban J connectivity index is 1.89. The largest absolute Gasteiger partial charge is 0.460 e. The van der Waals surface area contributed by atoms with Crippen molar-refractivity contribution in [3.05, 3.63) is 65.6 Å². The van der Waals surface area contributed by atoms with Crippen molar-refractivity contribution in [1.29, 1.82) is 0 Å². The Bertz CT molecular complexity index is 1000. The second kappa shape index (κ2) is 7.47. The van der Waals surface area contributed by atoms with Gasteiger partial charge in [0.2, 0.25) is 22.1 Å². The lowest BCUT2D eigenvalue weighted by Crippen LogP contribution is -2.33. The average molecular weight is 392 g/mol. The van der Waals surface area contributed by atoms with Gasteiger partial charge in [0.05, 0.1) is 16.0 Å². The fourth-order valence-corrected chi connectivity index (χ4v) is 3.05. The second-order valence-corrected chi connectivity index (χ2v) is 7.25. The van der Waals surface area contributed by atoms with E-state index in [0.717, 1.165) is 6.07 Å². The van der Waals surface area contributed by atoms with Gasteiger partial charge in [0.1, 0.15) is 11.6 Å². The number of nitrogens with one attached hydrogen (secondary N) is 1. The molecule has 0 saturated carbocycles. The molecule has 0 aromatic heterocycles. The van der Waals surface area contributed by atoms with Crippen LogP contribution in [0.15, 0.2) is 59.1 Å². The standard InChI is InChI=1S/C18H17FN2O5S/c1-2-25-18-15(17(22)14-9-11(19)3-8-16(14)26-18)10-21-12-4-6-13(7-5-12)27(20,23)24/h3-10,18,21H,2H2,1H3,(H2,20,23,24)/b15-10-. The highest BCUT2D eigenvalue weighted by Gasteiger charge is 2.32. The number of hydrogen-bond donors (Lipinski definition) is 2. The lowest BCUT2D eigenvalue weighted by Gasteiger charge is -2.27. The molecule has 1 atom stereocenters. The molecule has 0 amide bonds. The van der Waals surface area contributed by atoms with Crippen molar-refractivity contribution < 1.29 is 27.1 Å². The zero-order valence-electron chi connectivity index (χ0n) is 14.3. The van der Waals surface area contributed by atoms with Crippen LogP contribution in [-0.2, 0) is 14.8 Å². The van der Waals surface area contributed by atoms with Crippen LogP contribution in [0, 0.1) is 5.82 Å². The van der Waals surface area contributed by atoms with Crippen molar-refractivity contribution in [1.82, 2.24) is 0 Å². The van der Waals surface area contributed by atoms with Crippen molar-refractivity contribution in [2.75, 3.05) is 11.9 Å². The predicted molar refractivity (Wildman–Crippen MR) is 96.3 cm³/mol. The fourth-order valence-electron chi connectivity index (χ4n) is 2.53. The van der Waals surface area contributed by atoms with Gasteiger partial charge in [-0.15, -0.1) is 0 Å². The number of carbonyl (C=O) groups excluding carboxylic acids is 1. The van der Waals surface area contributed by atoms with Crippen LogP contribution in [0.2, 0.25) is 0 Å². The number of anilines is 1. The third-order valence-electron chi connectivity index (χ3n) is 3.83. The SMILES string of the molecule is CCOC1Oc2ccc(F)cc2C(=O)/C1=C/Nc1ccc(S(N)(=O)=O)cc1. The van der Waals surface area contributed by atoms with Crippen LogP contribution < -0.4 is 15.2 Å². The van der Waals surface area contributed by atoms with Crippen LogP contribution in [0.4, 0.5) is 10.1 Å². The normalized spacial score (nSPS) is 18.1. The average Bonchev–Trinajstić information content (AvgIpc) is 2.62. The van der Waals surface area contributed by atoms with E-state index < -0.39 is 27.9 Å². The molecule has 142 valence electrons. The van der Waals surface area contributed by atoms with Gasteiger partial charge in [-0.2, -0.15) is 0 Å². The van der Waals surface area contributed by atoms with Crippen LogP contribution in [-0.4, -0.2) is 27.1 Å². The van der Waals surface area contributed by atoms with Gasteiger partial charge < -0.3 is 14.8 Å². The lowest BCUT2D eigenvalue weighted by molar-refractivity contribution is -0.0510. The Morgan fingerprint density at radius 1 is 1.26 bits per heavy atom. The number of rotatable bonds is 5. The highest BCUT2D eigenvalue weighted by atomic mass is 32.2. The summed E-state index contributed by atoms with van der Waals surface area (Å²) in [5.74, 6) is -0.733. The van der Waals surface area contributed by atoms with Crippen molar-refractivity contribution >= 4 is 21.5 Å². The summed E-state index contributed by atoms with van der Waals surface area (Å²) in [5, 5.41) is 7.94. The summed E-state index contributed by atoms with van der Waals surface area (Å²) < 4.78 is 47.2. The topological polar surface area (TPSA) is 108 Å². The molecular weight excluding hydrogens is 375 g/mol. The number of primary sulfonamides is 1. The molecule has 3 rings (SSSR count). The molecule has 27 heavy (non-hydrogen) atoms. The molecule has 3 N–H and O–H groups in total. The van der Waals surface area contributed by atoms with Gasteiger partial charge in [0.25, 0.3) is 0 Å². The summed E-state index contributed by atoms with van der Waals surface area (Å²) in [4.78, 5) is 12.7. The smallest absolute Gasteiger partial charge is 0.238 e. The van der Waals surface area contributed by atoms with Gasteiger partial charge in [0, 0.05) is 18.5 Å². The zero-order valence-corrected chi connectivity index (χ0v) is 15.1. The maximum Gasteiger partial charge on any atom is 0.238 e. The molecule has 2 aromatic carbocycles. The van der Waals surface area contributed by atoms with E-state index in [1.807, 2.05) is 0 Å². The van der Waals surface area contributed by atoms with E-state index in [0.29, 0.717) is 12.3 Å². The highest BCUT2D eigenvalue weighted by molar-refractivity contribution is 7.89. The number of carbonyl (C=O) groups is 1. The number of ketones is 1. The number of fused-ring (bicyclic) bond motifs is 1. The molecule has 1 heterocycles. The molecule has 1 aliphatic rings. The molecule has 1 aliphatic heterocycles. The van der Waals surface area contributed by atoms with Crippen molar-refractivity contribution in [2.45, 2.75) is 18.1 Å². The summed E-state index contributed by atoms with van der Waals surface area (Å²) >= 11 is 0. The predicted octanol–water partition coefficient (Wildman–Crippen LogP) is 2.41. The van der Waals surface area contributed by atoms with Crippen molar-refractivity contribution in [3.8, 4) is 5.75 Å². The third kappa shape index (κ3) is 4.16. The third-order valence-corrected chi connectivity index (χ3v) is 4.76. The minimum Gasteiger partial charge on any atom is -0.460 e. The van der Waals surface area contributed by atoms with E-state index in [9.17, 15) is 17.6 Å². The first-order valence-corrected chi connectivity index (χ1v) is 9.56. The summed E-state index contributed by atoms with van der Waals surface area (Å²) in [6.07, 6.45) is 0.444. The van der Waals surface area contributed by atoms with Crippen molar-refractivity contribution in [3.63, 3.8) is 0 Å². The van der Waals surface area contributed by atoms with E-state index in [-0.39, 0.29) is 21.8 Å². The fraction of sp³-hybridized carbons (Fsp3) is 0.167. The molecule has 1 unspecified atom stereocenters. The minimum atomic E-state index is -3.79. The number of Topliss-reactive ketones (excluding diaryl/α,β-unsaturated/α-hetero) is 1. The van der Waals surface area contributed by atoms with Crippen LogP contribution in [0.25, 0.3) is 0 Å². The minimum absolute atomic E-state index is 0.0330. The number of ether oxygens (including phenoxy) is 2. The molecule has 0 radical (unpaired) electrons. The summed E-state index contributed by atoms with van der Waals surface area (Å²) in [6, 6.07) is 9.34. The number of halogens is 1. The number of nitrogens with two attached hydrogens (primary N) is 1. The molecule has 0 spiro atoms. The summed E-state index contributed by atoms with van der Waals surface area (Å²) in [5.41, 5.74) is 0.775. The molecule has 0 aliphatic carbocycles. The quantitative estimate of drug-likeness (QED) is 0.757. The van der Waals surface area contributed by atoms with Gasteiger partial charge in [-0.25, -0.2) is 17.9 Å². The maximum absolute atomic E-state index is 13.5. The molecule has 0 saturated heterocycles. The Morgan fingerprint density at radius 2 is 1.96 bits per heavy atom. The number of hydrogen-bond acceptors (Lipinski definition) is 6. The molecular formula is C18H17FN2O5S. The van der Waals surface area contributed by atoms with Crippen LogP contribution >= 0.6 is 0 Å². The Kier molecular flexibility index (Phi) is 5.26. The van der Waals surface area contributed by atoms with Gasteiger partial charge >= 0.3 is 0 Å². The number of sulfonamides is 1. The van der Waals surface area contributed by atoms with Gasteiger partial charge in [-0.3, -0.25) is 4.79 Å². The Labute approximate surface area is 155 Å². The second-order valence-electron chi connectivity index (χ2n) is 5.69. The highest BCUT2D eigenvalue weighted by Crippen LogP contribution is 2.31. The Morgan fingerprint density at radius 3 is 2.59 bits per heavy atom. The van der Waals surface area contributed by atoms with Gasteiger partial charge in [0.15, 0.2) is 0 Å². The Hall–Kier alpha value is -2.75. The van der Waals surface area contributed by atoms with E-state index >= 15 is 0 Å². The lowest BCUT2D eigenvalue weighted by atomic mass is 9.99. The van der Waals surface area contributed by atoms with E-state index in [1.165, 1.54) is 42.6 Å². The van der Waals surface area contributed by atoms with E-state index in [2.05, 4.69) is 5.32 Å². The maximum atomic E-state index is 13.5. The first-order chi connectivity index (χ1) is 12.8. The van der Waals surface area contributed by atoms with Crippen LogP contribution in [0.1, 0.15) is 17.3 Å². The first-order valence-electron chi connectivity index (χ1n) is 8.01. The molecule has 9 heteroatoms. The monoisotopic (exact) mass is 392 g/mol. The molecule has 0 bridgehead atoms. The van der Waals surface area contributed by atoms with E-state index in [4.69, 9.17) is 14.6 Å². The molecule has 0 fully saturated rings. The summed E-state index contributed by atoms with van der Waals surface area (Å²) in [7, 11) is -3.79. The zero-order chi connectivity index (χ0) is 19.6. The molecule has 2 aromatic rings. The number of benzene rings is 2. The summed E-state index contributed by atoms with van der Waals surface area (Å²) in [6.45, 7) is 2.06. The van der Waals surface area contributed by atoms with Crippen LogP contribution in [0.5, 0.6) is 5.75 Å².